The molecule has 0 aromatic rings. The van der Waals surface area contributed by atoms with Crippen LogP contribution in [0.15, 0.2) is 0 Å². The zero-order valence-electron chi connectivity index (χ0n) is 11.7. The normalized spacial score (nSPS) is 29.7. The monoisotopic (exact) mass is 256 g/mol. The number of rotatable bonds is 5. The van der Waals surface area contributed by atoms with Gasteiger partial charge in [0, 0.05) is 0 Å². The van der Waals surface area contributed by atoms with Gasteiger partial charge in [-0.05, 0) is 37.5 Å². The fourth-order valence-corrected chi connectivity index (χ4v) is 2.63. The predicted molar refractivity (Wildman–Crippen MR) is 67.8 cm³/mol. The molecule has 0 heterocycles. The summed E-state index contributed by atoms with van der Waals surface area (Å²) in [6.07, 6.45) is 2.34. The summed E-state index contributed by atoms with van der Waals surface area (Å²) < 4.78 is 10.1. The first kappa shape index (κ1) is 15.0. The lowest BCUT2D eigenvalue weighted by molar-refractivity contribution is -0.170. The number of esters is 1. The lowest BCUT2D eigenvalue weighted by Gasteiger charge is -2.37. The van der Waals surface area contributed by atoms with E-state index in [0.29, 0.717) is 17.8 Å². The van der Waals surface area contributed by atoms with Gasteiger partial charge in [-0.15, -0.1) is 0 Å². The van der Waals surface area contributed by atoms with Crippen molar-refractivity contribution in [3.05, 3.63) is 0 Å². The molecule has 4 atom stereocenters. The maximum atomic E-state index is 11.8. The topological polar surface area (TPSA) is 52.6 Å². The summed E-state index contributed by atoms with van der Waals surface area (Å²) in [7, 11) is 0. The van der Waals surface area contributed by atoms with Gasteiger partial charge < -0.3 is 9.47 Å². The molecule has 0 radical (unpaired) electrons. The maximum absolute atomic E-state index is 11.8. The molecule has 4 nitrogen and oxygen atoms in total. The Balaban J connectivity index is 2.60. The second-order valence-electron chi connectivity index (χ2n) is 5.68. The van der Waals surface area contributed by atoms with Crippen LogP contribution in [0.3, 0.4) is 0 Å². The fourth-order valence-electron chi connectivity index (χ4n) is 2.63. The Morgan fingerprint density at radius 1 is 1.28 bits per heavy atom. The standard InChI is InChI=1S/C14H24O4/c1-9(2)12-6-5-10(3)7-13(12)18-14(16)11(4)17-8-15/h8-13H,5-7H2,1-4H3. The van der Waals surface area contributed by atoms with Crippen molar-refractivity contribution in [2.45, 2.75) is 59.2 Å². The molecule has 4 heteroatoms. The zero-order chi connectivity index (χ0) is 13.7. The summed E-state index contributed by atoms with van der Waals surface area (Å²) in [5.74, 6) is 1.05. The number of hydrogen-bond acceptors (Lipinski definition) is 4. The van der Waals surface area contributed by atoms with Crippen molar-refractivity contribution >= 4 is 12.4 Å². The first-order valence-electron chi connectivity index (χ1n) is 6.75. The molecule has 0 amide bonds. The number of ether oxygens (including phenoxy) is 2. The maximum Gasteiger partial charge on any atom is 0.347 e. The summed E-state index contributed by atoms with van der Waals surface area (Å²) in [5.41, 5.74) is 0. The molecule has 0 aliphatic heterocycles. The van der Waals surface area contributed by atoms with Crippen molar-refractivity contribution in [1.82, 2.24) is 0 Å². The van der Waals surface area contributed by atoms with E-state index in [9.17, 15) is 9.59 Å². The summed E-state index contributed by atoms with van der Waals surface area (Å²) in [6, 6.07) is 0. The Kier molecular flexibility index (Phi) is 5.63. The van der Waals surface area contributed by atoms with Crippen LogP contribution in [0.4, 0.5) is 0 Å². The van der Waals surface area contributed by atoms with Gasteiger partial charge in [-0.2, -0.15) is 0 Å². The minimum absolute atomic E-state index is 0.0426. The molecular formula is C14H24O4. The second-order valence-corrected chi connectivity index (χ2v) is 5.68. The van der Waals surface area contributed by atoms with Crippen LogP contribution in [0.1, 0.15) is 47.0 Å². The van der Waals surface area contributed by atoms with Gasteiger partial charge in [0.25, 0.3) is 6.47 Å². The molecule has 0 saturated heterocycles. The quantitative estimate of drug-likeness (QED) is 0.560. The highest BCUT2D eigenvalue weighted by Crippen LogP contribution is 2.35. The Morgan fingerprint density at radius 2 is 1.94 bits per heavy atom. The van der Waals surface area contributed by atoms with Crippen LogP contribution in [-0.4, -0.2) is 24.6 Å². The molecule has 0 aromatic carbocycles. The first-order chi connectivity index (χ1) is 8.45. The molecule has 1 aliphatic rings. The van der Waals surface area contributed by atoms with E-state index in [1.165, 1.54) is 13.3 Å². The average Bonchev–Trinajstić information content (AvgIpc) is 2.28. The van der Waals surface area contributed by atoms with Crippen molar-refractivity contribution in [3.63, 3.8) is 0 Å². The number of hydrogen-bond donors (Lipinski definition) is 0. The minimum atomic E-state index is -0.812. The molecular weight excluding hydrogens is 232 g/mol. The predicted octanol–water partition coefficient (Wildman–Crippen LogP) is 2.55. The van der Waals surface area contributed by atoms with Crippen molar-refractivity contribution in [3.8, 4) is 0 Å². The van der Waals surface area contributed by atoms with Gasteiger partial charge in [-0.3, -0.25) is 4.79 Å². The van der Waals surface area contributed by atoms with Gasteiger partial charge in [0.05, 0.1) is 0 Å². The molecule has 1 saturated carbocycles. The molecule has 0 spiro atoms. The third-order valence-electron chi connectivity index (χ3n) is 3.82. The summed E-state index contributed by atoms with van der Waals surface area (Å²) in [5, 5.41) is 0. The largest absolute Gasteiger partial charge is 0.459 e. The smallest absolute Gasteiger partial charge is 0.347 e. The van der Waals surface area contributed by atoms with Gasteiger partial charge in [-0.1, -0.05) is 27.2 Å². The zero-order valence-corrected chi connectivity index (χ0v) is 11.7. The van der Waals surface area contributed by atoms with E-state index >= 15 is 0 Å². The Morgan fingerprint density at radius 3 is 2.50 bits per heavy atom. The van der Waals surface area contributed by atoms with Crippen molar-refractivity contribution in [2.24, 2.45) is 17.8 Å². The summed E-state index contributed by atoms with van der Waals surface area (Å²) in [6.45, 7) is 8.32. The molecule has 4 unspecified atom stereocenters. The Bertz CT molecular complexity index is 288. The van der Waals surface area contributed by atoms with Crippen LogP contribution in [0.25, 0.3) is 0 Å². The van der Waals surface area contributed by atoms with E-state index in [2.05, 4.69) is 25.5 Å². The van der Waals surface area contributed by atoms with E-state index in [0.717, 1.165) is 12.8 Å². The SMILES string of the molecule is CC1CCC(C(C)C)C(OC(=O)C(C)OC=O)C1. The molecule has 0 bridgehead atoms. The molecule has 1 fully saturated rings. The van der Waals surface area contributed by atoms with Gasteiger partial charge in [0.15, 0.2) is 6.10 Å². The molecule has 1 aliphatic carbocycles. The van der Waals surface area contributed by atoms with E-state index in [1.807, 2.05) is 0 Å². The number of carbonyl (C=O) groups is 2. The lowest BCUT2D eigenvalue weighted by Crippen LogP contribution is -2.38. The van der Waals surface area contributed by atoms with Crippen LogP contribution in [0.2, 0.25) is 0 Å². The van der Waals surface area contributed by atoms with Crippen molar-refractivity contribution in [1.29, 1.82) is 0 Å². The first-order valence-corrected chi connectivity index (χ1v) is 6.75. The average molecular weight is 256 g/mol. The third kappa shape index (κ3) is 4.00. The summed E-state index contributed by atoms with van der Waals surface area (Å²) in [4.78, 5) is 22.0. The third-order valence-corrected chi connectivity index (χ3v) is 3.82. The van der Waals surface area contributed by atoms with Gasteiger partial charge >= 0.3 is 5.97 Å². The van der Waals surface area contributed by atoms with Gasteiger partial charge in [-0.25, -0.2) is 4.79 Å². The van der Waals surface area contributed by atoms with Crippen LogP contribution >= 0.6 is 0 Å². The van der Waals surface area contributed by atoms with E-state index < -0.39 is 12.1 Å². The molecule has 18 heavy (non-hydrogen) atoms. The second kappa shape index (κ2) is 6.76. The molecule has 0 N–H and O–H groups in total. The summed E-state index contributed by atoms with van der Waals surface area (Å²) >= 11 is 0. The number of carbonyl (C=O) groups excluding carboxylic acids is 2. The van der Waals surface area contributed by atoms with E-state index in [-0.39, 0.29) is 12.6 Å². The fraction of sp³-hybridized carbons (Fsp3) is 0.857. The van der Waals surface area contributed by atoms with Gasteiger partial charge in [0.1, 0.15) is 6.10 Å². The highest BCUT2D eigenvalue weighted by molar-refractivity contribution is 5.75. The highest BCUT2D eigenvalue weighted by Gasteiger charge is 2.34. The van der Waals surface area contributed by atoms with Crippen LogP contribution in [0, 0.1) is 17.8 Å². The van der Waals surface area contributed by atoms with Gasteiger partial charge in [0.2, 0.25) is 0 Å². The van der Waals surface area contributed by atoms with Crippen LogP contribution in [-0.2, 0) is 19.1 Å². The Hall–Kier alpha value is -1.06. The van der Waals surface area contributed by atoms with E-state index in [4.69, 9.17) is 4.74 Å². The lowest BCUT2D eigenvalue weighted by atomic mass is 9.75. The minimum Gasteiger partial charge on any atom is -0.459 e. The highest BCUT2D eigenvalue weighted by atomic mass is 16.6. The van der Waals surface area contributed by atoms with Crippen LogP contribution < -0.4 is 0 Å². The molecule has 104 valence electrons. The van der Waals surface area contributed by atoms with Crippen LogP contribution in [0.5, 0.6) is 0 Å². The van der Waals surface area contributed by atoms with Crippen molar-refractivity contribution < 1.29 is 19.1 Å². The molecule has 1 rings (SSSR count). The van der Waals surface area contributed by atoms with Crippen molar-refractivity contribution in [2.75, 3.05) is 0 Å². The molecule has 0 aromatic heterocycles. The Labute approximate surface area is 109 Å². The van der Waals surface area contributed by atoms with E-state index in [1.54, 1.807) is 0 Å².